The predicted molar refractivity (Wildman–Crippen MR) is 134 cm³/mol. The summed E-state index contributed by atoms with van der Waals surface area (Å²) >= 11 is 6.63. The molecule has 0 radical (unpaired) electrons. The van der Waals surface area contributed by atoms with E-state index in [0.29, 0.717) is 22.4 Å². The topological polar surface area (TPSA) is 34.1 Å². The van der Waals surface area contributed by atoms with Crippen LogP contribution >= 0.6 is 11.6 Å². The van der Waals surface area contributed by atoms with Crippen molar-refractivity contribution >= 4 is 29.2 Å². The van der Waals surface area contributed by atoms with E-state index in [4.69, 9.17) is 21.1 Å². The smallest absolute Gasteiger partial charge is 0.169 e. The van der Waals surface area contributed by atoms with Crippen LogP contribution in [0.2, 0.25) is 5.02 Å². The van der Waals surface area contributed by atoms with Gasteiger partial charge in [-0.1, -0.05) is 30.7 Å². The van der Waals surface area contributed by atoms with Crippen molar-refractivity contribution < 1.29 is 9.47 Å². The Kier molecular flexibility index (Phi) is 6.16. The van der Waals surface area contributed by atoms with Crippen LogP contribution in [0.4, 0.5) is 11.4 Å². The van der Waals surface area contributed by atoms with Crippen LogP contribution in [0, 0.1) is 0 Å². The maximum Gasteiger partial charge on any atom is 0.169 e. The third kappa shape index (κ3) is 4.46. The second kappa shape index (κ2) is 8.87. The highest BCUT2D eigenvalue weighted by atomic mass is 35.5. The molecule has 0 fully saturated rings. The summed E-state index contributed by atoms with van der Waals surface area (Å²) in [5, 5.41) is 0.709. The fourth-order valence-electron chi connectivity index (χ4n) is 4.28. The van der Waals surface area contributed by atoms with Crippen molar-refractivity contribution in [2.24, 2.45) is 4.99 Å². The Morgan fingerprint density at radius 3 is 2.44 bits per heavy atom. The molecule has 0 saturated heterocycles. The minimum Gasteiger partial charge on any atom is -0.493 e. The molecule has 0 N–H and O–H groups in total. The van der Waals surface area contributed by atoms with Crippen LogP contribution in [0.1, 0.15) is 44.2 Å². The second-order valence-corrected chi connectivity index (χ2v) is 9.32. The molecule has 0 bridgehead atoms. The molecule has 5 heteroatoms. The quantitative estimate of drug-likeness (QED) is 0.376. The molecule has 1 aliphatic heterocycles. The molecule has 1 heterocycles. The molecule has 32 heavy (non-hydrogen) atoms. The Labute approximate surface area is 195 Å². The zero-order valence-electron chi connectivity index (χ0n) is 19.2. The summed E-state index contributed by atoms with van der Waals surface area (Å²) in [4.78, 5) is 6.97. The van der Waals surface area contributed by atoms with Crippen molar-refractivity contribution in [3.63, 3.8) is 0 Å². The van der Waals surface area contributed by atoms with Gasteiger partial charge >= 0.3 is 0 Å². The minimum absolute atomic E-state index is 0.110. The number of methoxy groups -OCH3 is 1. The number of fused-ring (bicyclic) bond motifs is 1. The number of hydrogen-bond donors (Lipinski definition) is 0. The molecule has 1 unspecified atom stereocenters. The largest absolute Gasteiger partial charge is 0.493 e. The van der Waals surface area contributed by atoms with Crippen molar-refractivity contribution in [3.8, 4) is 17.2 Å². The third-order valence-corrected chi connectivity index (χ3v) is 6.57. The maximum absolute atomic E-state index is 6.63. The lowest BCUT2D eigenvalue weighted by atomic mass is 9.80. The van der Waals surface area contributed by atoms with Gasteiger partial charge in [-0.05, 0) is 80.3 Å². The van der Waals surface area contributed by atoms with Gasteiger partial charge in [-0.25, -0.2) is 0 Å². The first kappa shape index (κ1) is 22.2. The van der Waals surface area contributed by atoms with Gasteiger partial charge in [-0.2, -0.15) is 0 Å². The van der Waals surface area contributed by atoms with Gasteiger partial charge < -0.3 is 14.4 Å². The van der Waals surface area contributed by atoms with E-state index in [1.54, 1.807) is 7.11 Å². The Bertz CT molecular complexity index is 1140. The van der Waals surface area contributed by atoms with Gasteiger partial charge in [0.25, 0.3) is 0 Å². The van der Waals surface area contributed by atoms with Crippen molar-refractivity contribution in [3.05, 3.63) is 76.8 Å². The van der Waals surface area contributed by atoms with Crippen molar-refractivity contribution in [1.29, 1.82) is 0 Å². The molecule has 1 atom stereocenters. The summed E-state index contributed by atoms with van der Waals surface area (Å²) in [5.41, 5.74) is 4.39. The highest BCUT2D eigenvalue weighted by molar-refractivity contribution is 6.33. The monoisotopic (exact) mass is 448 g/mol. The number of aliphatic imine (C=N–C) groups is 1. The molecule has 3 aromatic carbocycles. The highest BCUT2D eigenvalue weighted by Gasteiger charge is 2.34. The number of ether oxygens (including phenoxy) is 2. The average molecular weight is 449 g/mol. The standard InChI is InChI=1S/C27H29ClN2O2/c1-18-16-27(2,3)30(4)24-15-23(28)19(14-22(18)24)17-29-20-10-12-21(13-11-20)32-26-9-7-6-8-25(26)31-5/h6-15,17-18H,16H2,1-5H3. The van der Waals surface area contributed by atoms with Crippen LogP contribution in [0.25, 0.3) is 0 Å². The number of para-hydroxylation sites is 2. The first-order chi connectivity index (χ1) is 15.3. The molecular formula is C27H29ClN2O2. The Morgan fingerprint density at radius 1 is 1.06 bits per heavy atom. The zero-order valence-corrected chi connectivity index (χ0v) is 20.0. The number of hydrogen-bond acceptors (Lipinski definition) is 4. The van der Waals surface area contributed by atoms with E-state index in [0.717, 1.165) is 23.4 Å². The van der Waals surface area contributed by atoms with Gasteiger partial charge in [0.15, 0.2) is 11.5 Å². The van der Waals surface area contributed by atoms with Gasteiger partial charge in [-0.3, -0.25) is 4.99 Å². The molecule has 0 spiro atoms. The lowest BCUT2D eigenvalue weighted by molar-refractivity contribution is 0.379. The van der Waals surface area contributed by atoms with Gasteiger partial charge in [0.05, 0.1) is 17.8 Å². The van der Waals surface area contributed by atoms with E-state index >= 15 is 0 Å². The summed E-state index contributed by atoms with van der Waals surface area (Å²) < 4.78 is 11.3. The Hall–Kier alpha value is -2.98. The first-order valence-corrected chi connectivity index (χ1v) is 11.2. The van der Waals surface area contributed by atoms with E-state index in [-0.39, 0.29) is 5.54 Å². The lowest BCUT2D eigenvalue weighted by Crippen LogP contribution is -2.45. The molecular weight excluding hydrogens is 420 g/mol. The molecule has 3 aromatic rings. The van der Waals surface area contributed by atoms with Gasteiger partial charge in [-0.15, -0.1) is 0 Å². The van der Waals surface area contributed by atoms with E-state index in [1.807, 2.05) is 54.7 Å². The number of benzene rings is 3. The maximum atomic E-state index is 6.63. The lowest BCUT2D eigenvalue weighted by Gasteiger charge is -2.45. The predicted octanol–water partition coefficient (Wildman–Crippen LogP) is 7.61. The van der Waals surface area contributed by atoms with Crippen molar-refractivity contribution in [2.45, 2.75) is 38.6 Å². The third-order valence-electron chi connectivity index (χ3n) is 6.24. The molecule has 0 saturated carbocycles. The van der Waals surface area contributed by atoms with Crippen molar-refractivity contribution in [1.82, 2.24) is 0 Å². The van der Waals surface area contributed by atoms with Crippen LogP contribution in [0.3, 0.4) is 0 Å². The van der Waals surface area contributed by atoms with Crippen LogP contribution in [0.5, 0.6) is 17.2 Å². The van der Waals surface area contributed by atoms with Crippen LogP contribution in [-0.4, -0.2) is 25.9 Å². The first-order valence-electron chi connectivity index (χ1n) is 10.8. The van der Waals surface area contributed by atoms with Crippen LogP contribution < -0.4 is 14.4 Å². The second-order valence-electron chi connectivity index (χ2n) is 8.91. The molecule has 0 amide bonds. The highest BCUT2D eigenvalue weighted by Crippen LogP contribution is 2.44. The fourth-order valence-corrected chi connectivity index (χ4v) is 4.48. The summed E-state index contributed by atoms with van der Waals surface area (Å²) in [6, 6.07) is 19.5. The van der Waals surface area contributed by atoms with E-state index in [9.17, 15) is 0 Å². The minimum atomic E-state index is 0.110. The number of rotatable bonds is 5. The van der Waals surface area contributed by atoms with Crippen molar-refractivity contribution in [2.75, 3.05) is 19.1 Å². The molecule has 0 aliphatic carbocycles. The van der Waals surface area contributed by atoms with Crippen LogP contribution in [-0.2, 0) is 0 Å². The van der Waals surface area contributed by atoms with E-state index in [1.165, 1.54) is 11.3 Å². The normalized spacial score (nSPS) is 17.3. The Morgan fingerprint density at radius 2 is 1.75 bits per heavy atom. The molecule has 1 aliphatic rings. The molecule has 166 valence electrons. The van der Waals surface area contributed by atoms with Gasteiger partial charge in [0.1, 0.15) is 5.75 Å². The summed E-state index contributed by atoms with van der Waals surface area (Å²) in [7, 11) is 3.77. The molecule has 0 aromatic heterocycles. The fraction of sp³-hybridized carbons (Fsp3) is 0.296. The number of nitrogens with zero attached hydrogens (tertiary/aromatic N) is 2. The van der Waals surface area contributed by atoms with Crippen LogP contribution in [0.15, 0.2) is 65.7 Å². The van der Waals surface area contributed by atoms with Gasteiger partial charge in [0, 0.05) is 30.1 Å². The molecule has 4 nitrogen and oxygen atoms in total. The van der Waals surface area contributed by atoms with E-state index < -0.39 is 0 Å². The number of anilines is 1. The summed E-state index contributed by atoms with van der Waals surface area (Å²) in [6.07, 6.45) is 2.94. The molecule has 4 rings (SSSR count). The summed E-state index contributed by atoms with van der Waals surface area (Å²) in [5.74, 6) is 2.56. The average Bonchev–Trinajstić information content (AvgIpc) is 2.77. The van der Waals surface area contributed by atoms with E-state index in [2.05, 4.69) is 49.8 Å². The SMILES string of the molecule is COc1ccccc1Oc1ccc(N=Cc2cc3c(cc2Cl)N(C)C(C)(C)CC3C)cc1. The van der Waals surface area contributed by atoms with Gasteiger partial charge in [0.2, 0.25) is 0 Å². The Balaban J connectivity index is 1.53. The zero-order chi connectivity index (χ0) is 22.9. The summed E-state index contributed by atoms with van der Waals surface area (Å²) in [6.45, 7) is 6.83. The number of halogens is 1.